The van der Waals surface area contributed by atoms with E-state index >= 15 is 0 Å². The van der Waals surface area contributed by atoms with E-state index in [2.05, 4.69) is 41.7 Å². The molecule has 3 rings (SSSR count). The molecule has 0 saturated carbocycles. The summed E-state index contributed by atoms with van der Waals surface area (Å²) in [5.74, 6) is 0.921. The van der Waals surface area contributed by atoms with Crippen LogP contribution in [0.5, 0.6) is 0 Å². The summed E-state index contributed by atoms with van der Waals surface area (Å²) in [5, 5.41) is 14.2. The van der Waals surface area contributed by atoms with Gasteiger partial charge in [0.25, 0.3) is 0 Å². The maximum Gasteiger partial charge on any atom is 0.249 e. The predicted octanol–water partition coefficient (Wildman–Crippen LogP) is 4.63. The lowest BCUT2D eigenvalue weighted by Gasteiger charge is -2.09. The molecule has 2 N–H and O–H groups in total. The van der Waals surface area contributed by atoms with Crippen LogP contribution in [0.2, 0.25) is 0 Å². The third-order valence-corrected chi connectivity index (χ3v) is 4.40. The van der Waals surface area contributed by atoms with Crippen molar-refractivity contribution in [2.45, 2.75) is 13.8 Å². The van der Waals surface area contributed by atoms with Crippen LogP contribution in [-0.2, 0) is 0 Å². The van der Waals surface area contributed by atoms with Crippen LogP contribution >= 0.6 is 15.9 Å². The van der Waals surface area contributed by atoms with E-state index in [0.29, 0.717) is 17.3 Å². The van der Waals surface area contributed by atoms with Gasteiger partial charge in [0.2, 0.25) is 5.95 Å². The molecule has 0 radical (unpaired) electrons. The highest BCUT2D eigenvalue weighted by Crippen LogP contribution is 2.22. The summed E-state index contributed by atoms with van der Waals surface area (Å²) >= 11 is 3.48. The Morgan fingerprint density at radius 2 is 1.88 bits per heavy atom. The molecule has 0 saturated heterocycles. The summed E-state index contributed by atoms with van der Waals surface area (Å²) in [7, 11) is 0. The Labute approximate surface area is 153 Å². The van der Waals surface area contributed by atoms with E-state index in [1.165, 1.54) is 6.92 Å². The lowest BCUT2D eigenvalue weighted by molar-refractivity contribution is 0.101. The van der Waals surface area contributed by atoms with Crippen LogP contribution in [0.4, 0.5) is 23.1 Å². The number of Topliss-reactive ketones (excluding diaryl/α,β-unsaturated/α-hetero) is 1. The summed E-state index contributed by atoms with van der Waals surface area (Å²) in [6.45, 7) is 3.55. The number of aryl methyl sites for hydroxylation is 1. The largest absolute Gasteiger partial charge is 0.339 e. The van der Waals surface area contributed by atoms with Gasteiger partial charge in [0.05, 0.1) is 6.20 Å². The average Bonchev–Trinajstić information content (AvgIpc) is 2.59. The highest BCUT2D eigenvalue weighted by molar-refractivity contribution is 9.10. The normalized spacial score (nSPS) is 10.4. The van der Waals surface area contributed by atoms with E-state index in [9.17, 15) is 4.79 Å². The lowest BCUT2D eigenvalue weighted by atomic mass is 10.1. The lowest BCUT2D eigenvalue weighted by Crippen LogP contribution is -2.03. The van der Waals surface area contributed by atoms with Gasteiger partial charge in [0.1, 0.15) is 0 Å². The second-order valence-corrected chi connectivity index (χ2v) is 6.37. The Morgan fingerprint density at radius 3 is 2.64 bits per heavy atom. The summed E-state index contributed by atoms with van der Waals surface area (Å²) in [4.78, 5) is 15.9. The van der Waals surface area contributed by atoms with Crippen LogP contribution in [0.1, 0.15) is 22.8 Å². The molecule has 0 spiro atoms. The minimum absolute atomic E-state index is 0.00344. The molecule has 1 heterocycles. The zero-order valence-electron chi connectivity index (χ0n) is 13.7. The van der Waals surface area contributed by atoms with Gasteiger partial charge in [0, 0.05) is 21.4 Å². The third kappa shape index (κ3) is 4.39. The molecule has 2 aromatic carbocycles. The monoisotopic (exact) mass is 397 g/mol. The number of anilines is 4. The first-order valence-corrected chi connectivity index (χ1v) is 8.41. The highest BCUT2D eigenvalue weighted by atomic mass is 79.9. The molecule has 0 unspecified atom stereocenters. The predicted molar refractivity (Wildman–Crippen MR) is 102 cm³/mol. The molecule has 25 heavy (non-hydrogen) atoms. The Morgan fingerprint density at radius 1 is 1.08 bits per heavy atom. The van der Waals surface area contributed by atoms with Gasteiger partial charge >= 0.3 is 0 Å². The first kappa shape index (κ1) is 17.0. The van der Waals surface area contributed by atoms with E-state index in [-0.39, 0.29) is 5.78 Å². The minimum Gasteiger partial charge on any atom is -0.339 e. The molecule has 126 valence electrons. The molecule has 0 amide bonds. The van der Waals surface area contributed by atoms with Gasteiger partial charge in [-0.3, -0.25) is 4.79 Å². The van der Waals surface area contributed by atoms with Gasteiger partial charge in [-0.2, -0.15) is 10.1 Å². The molecule has 0 aliphatic heterocycles. The van der Waals surface area contributed by atoms with E-state index in [0.717, 1.165) is 21.4 Å². The molecule has 0 fully saturated rings. The van der Waals surface area contributed by atoms with Crippen LogP contribution in [-0.4, -0.2) is 21.0 Å². The molecule has 3 aromatic rings. The number of aromatic nitrogens is 3. The van der Waals surface area contributed by atoms with Crippen LogP contribution in [0.25, 0.3) is 0 Å². The number of nitrogens with one attached hydrogen (secondary N) is 2. The van der Waals surface area contributed by atoms with Crippen molar-refractivity contribution in [3.8, 4) is 0 Å². The number of halogens is 1. The number of hydrogen-bond donors (Lipinski definition) is 2. The van der Waals surface area contributed by atoms with E-state index in [1.807, 2.05) is 31.2 Å². The van der Waals surface area contributed by atoms with Crippen molar-refractivity contribution in [1.29, 1.82) is 0 Å². The number of carbonyl (C=O) groups excluding carboxylic acids is 1. The van der Waals surface area contributed by atoms with E-state index in [1.54, 1.807) is 24.4 Å². The Bertz CT molecular complexity index is 929. The van der Waals surface area contributed by atoms with Crippen molar-refractivity contribution in [3.05, 3.63) is 64.3 Å². The van der Waals surface area contributed by atoms with Gasteiger partial charge in [-0.15, -0.1) is 5.10 Å². The number of carbonyl (C=O) groups is 1. The fourth-order valence-electron chi connectivity index (χ4n) is 2.23. The van der Waals surface area contributed by atoms with Crippen LogP contribution in [0.15, 0.2) is 53.1 Å². The Balaban J connectivity index is 1.78. The first-order valence-electron chi connectivity index (χ1n) is 7.62. The fraction of sp³-hybridized carbons (Fsp3) is 0.111. The third-order valence-electron chi connectivity index (χ3n) is 3.51. The maximum absolute atomic E-state index is 11.5. The topological polar surface area (TPSA) is 79.8 Å². The molecule has 0 aliphatic rings. The quantitative estimate of drug-likeness (QED) is 0.610. The van der Waals surface area contributed by atoms with E-state index in [4.69, 9.17) is 0 Å². The number of nitrogens with zero attached hydrogens (tertiary/aromatic N) is 3. The number of benzene rings is 2. The van der Waals surface area contributed by atoms with Gasteiger partial charge in [0.15, 0.2) is 11.6 Å². The Kier molecular flexibility index (Phi) is 5.04. The van der Waals surface area contributed by atoms with Crippen molar-refractivity contribution in [2.24, 2.45) is 0 Å². The van der Waals surface area contributed by atoms with Crippen molar-refractivity contribution < 1.29 is 4.79 Å². The summed E-state index contributed by atoms with van der Waals surface area (Å²) in [6, 6.07) is 13.1. The molecule has 0 bridgehead atoms. The van der Waals surface area contributed by atoms with Crippen LogP contribution in [0.3, 0.4) is 0 Å². The van der Waals surface area contributed by atoms with Gasteiger partial charge in [-0.25, -0.2) is 0 Å². The summed E-state index contributed by atoms with van der Waals surface area (Å²) < 4.78 is 1.05. The van der Waals surface area contributed by atoms with Crippen LogP contribution in [0, 0.1) is 6.92 Å². The first-order chi connectivity index (χ1) is 12.0. The van der Waals surface area contributed by atoms with Crippen molar-refractivity contribution in [3.63, 3.8) is 0 Å². The Hall–Kier alpha value is -2.80. The zero-order valence-corrected chi connectivity index (χ0v) is 15.3. The molecular weight excluding hydrogens is 382 g/mol. The molecule has 7 heteroatoms. The summed E-state index contributed by atoms with van der Waals surface area (Å²) in [6.07, 6.45) is 1.55. The van der Waals surface area contributed by atoms with Crippen molar-refractivity contribution in [2.75, 3.05) is 10.6 Å². The smallest absolute Gasteiger partial charge is 0.249 e. The molecular formula is C18H16BrN5O. The zero-order chi connectivity index (χ0) is 17.8. The van der Waals surface area contributed by atoms with Gasteiger partial charge in [-0.1, -0.05) is 28.1 Å². The molecule has 6 nitrogen and oxygen atoms in total. The van der Waals surface area contributed by atoms with Crippen molar-refractivity contribution in [1.82, 2.24) is 15.2 Å². The number of ketones is 1. The number of hydrogen-bond acceptors (Lipinski definition) is 6. The van der Waals surface area contributed by atoms with Gasteiger partial charge in [-0.05, 0) is 49.7 Å². The second kappa shape index (κ2) is 7.40. The standard InChI is InChI=1S/C18H16BrN5O/c1-11-8-15(6-7-16(11)19)21-17-10-20-24-18(23-17)22-14-5-3-4-13(9-14)12(2)25/h3-10H,1-2H3,(H2,21,22,23,24). The average molecular weight is 398 g/mol. The highest BCUT2D eigenvalue weighted by Gasteiger charge is 2.05. The van der Waals surface area contributed by atoms with Crippen LogP contribution < -0.4 is 10.6 Å². The van der Waals surface area contributed by atoms with Crippen molar-refractivity contribution >= 4 is 44.9 Å². The molecule has 0 atom stereocenters. The maximum atomic E-state index is 11.5. The SMILES string of the molecule is CC(=O)c1cccc(Nc2nncc(Nc3ccc(Br)c(C)c3)n2)c1. The van der Waals surface area contributed by atoms with Gasteiger partial charge < -0.3 is 10.6 Å². The minimum atomic E-state index is 0.00344. The van der Waals surface area contributed by atoms with E-state index < -0.39 is 0 Å². The summed E-state index contributed by atoms with van der Waals surface area (Å²) in [5.41, 5.74) is 3.38. The molecule has 1 aromatic heterocycles. The second-order valence-electron chi connectivity index (χ2n) is 5.52. The molecule has 0 aliphatic carbocycles. The number of rotatable bonds is 5. The fourth-order valence-corrected chi connectivity index (χ4v) is 2.48.